The number of hydrogen-bond acceptors (Lipinski definition) is 6. The molecule has 0 bridgehead atoms. The van der Waals surface area contributed by atoms with E-state index in [9.17, 15) is 13.2 Å². The van der Waals surface area contributed by atoms with Gasteiger partial charge in [0, 0.05) is 24.9 Å². The third-order valence-electron chi connectivity index (χ3n) is 4.08. The molecule has 1 atom stereocenters. The minimum absolute atomic E-state index is 0.0476. The number of benzene rings is 1. The molecule has 1 aromatic heterocycles. The Hall–Kier alpha value is -2.00. The lowest BCUT2D eigenvalue weighted by molar-refractivity contribution is 0.0472. The molecule has 0 radical (unpaired) electrons. The summed E-state index contributed by atoms with van der Waals surface area (Å²) >= 11 is 5.70. The summed E-state index contributed by atoms with van der Waals surface area (Å²) < 4.78 is 37.7. The van der Waals surface area contributed by atoms with E-state index in [1.807, 2.05) is 0 Å². The Balaban J connectivity index is 1.56. The minimum atomic E-state index is -3.65. The van der Waals surface area contributed by atoms with Crippen molar-refractivity contribution >= 4 is 27.6 Å². The highest BCUT2D eigenvalue weighted by molar-refractivity contribution is 7.89. The molecule has 0 spiro atoms. The number of esters is 1. The highest BCUT2D eigenvalue weighted by Crippen LogP contribution is 2.15. The smallest absolute Gasteiger partial charge is 0.338 e. The first-order valence-electron chi connectivity index (χ1n) is 8.43. The van der Waals surface area contributed by atoms with Gasteiger partial charge in [-0.2, -0.15) is 0 Å². The molecule has 0 saturated carbocycles. The maximum absolute atomic E-state index is 12.3. The number of hydrogen-bond donors (Lipinski definition) is 1. The molecular formula is C18H19ClN2O5S. The van der Waals surface area contributed by atoms with Crippen molar-refractivity contribution in [3.8, 4) is 0 Å². The zero-order valence-electron chi connectivity index (χ0n) is 14.4. The number of ether oxygens (including phenoxy) is 2. The van der Waals surface area contributed by atoms with E-state index in [1.165, 1.54) is 30.5 Å². The van der Waals surface area contributed by atoms with Crippen molar-refractivity contribution in [1.29, 1.82) is 0 Å². The summed E-state index contributed by atoms with van der Waals surface area (Å²) in [5.74, 6) is -0.554. The number of sulfonamides is 1. The normalized spacial score (nSPS) is 17.0. The Morgan fingerprint density at radius 1 is 1.26 bits per heavy atom. The molecule has 1 saturated heterocycles. The van der Waals surface area contributed by atoms with Crippen LogP contribution in [0.4, 0.5) is 0 Å². The fourth-order valence-corrected chi connectivity index (χ4v) is 3.76. The van der Waals surface area contributed by atoms with Crippen LogP contribution in [-0.2, 0) is 26.1 Å². The Labute approximate surface area is 162 Å². The maximum Gasteiger partial charge on any atom is 0.338 e. The summed E-state index contributed by atoms with van der Waals surface area (Å²) in [6, 6.07) is 8.90. The molecule has 9 heteroatoms. The maximum atomic E-state index is 12.3. The van der Waals surface area contributed by atoms with Crippen molar-refractivity contribution < 1.29 is 22.7 Å². The van der Waals surface area contributed by atoms with Crippen LogP contribution >= 0.6 is 11.6 Å². The number of aromatic nitrogens is 1. The topological polar surface area (TPSA) is 94.6 Å². The van der Waals surface area contributed by atoms with E-state index in [0.29, 0.717) is 17.3 Å². The van der Waals surface area contributed by atoms with Gasteiger partial charge in [-0.05, 0) is 43.2 Å². The van der Waals surface area contributed by atoms with Crippen LogP contribution in [0.2, 0.25) is 5.15 Å². The van der Waals surface area contributed by atoms with Gasteiger partial charge in [0.2, 0.25) is 10.0 Å². The molecule has 2 heterocycles. The SMILES string of the molecule is O=C(OCc1ccc(Cl)nc1)c1ccc(S(=O)(=O)NCC2CCCO2)cc1. The highest BCUT2D eigenvalue weighted by Gasteiger charge is 2.20. The fraction of sp³-hybridized carbons (Fsp3) is 0.333. The van der Waals surface area contributed by atoms with E-state index in [1.54, 1.807) is 12.1 Å². The van der Waals surface area contributed by atoms with Crippen LogP contribution in [0.1, 0.15) is 28.8 Å². The molecule has 0 aliphatic carbocycles. The molecule has 0 amide bonds. The standard InChI is InChI=1S/C18H19ClN2O5S/c19-17-8-3-13(10-20-17)12-26-18(22)14-4-6-16(7-5-14)27(23,24)21-11-15-2-1-9-25-15/h3-8,10,15,21H,1-2,9,11-12H2. The molecule has 7 nitrogen and oxygen atoms in total. The lowest BCUT2D eigenvalue weighted by atomic mass is 10.2. The first kappa shape index (κ1) is 19.8. The Bertz CT molecular complexity index is 879. The van der Waals surface area contributed by atoms with Crippen LogP contribution < -0.4 is 4.72 Å². The summed E-state index contributed by atoms with van der Waals surface area (Å²) in [6.07, 6.45) is 3.22. The molecule has 1 aliphatic heterocycles. The molecule has 1 fully saturated rings. The number of pyridine rings is 1. The molecule has 1 aromatic carbocycles. The molecule has 1 unspecified atom stereocenters. The molecular weight excluding hydrogens is 392 g/mol. The quantitative estimate of drug-likeness (QED) is 0.556. The minimum Gasteiger partial charge on any atom is -0.457 e. The monoisotopic (exact) mass is 410 g/mol. The Morgan fingerprint density at radius 2 is 2.04 bits per heavy atom. The van der Waals surface area contributed by atoms with Crippen molar-refractivity contribution in [3.05, 3.63) is 58.9 Å². The average molecular weight is 411 g/mol. The third-order valence-corrected chi connectivity index (χ3v) is 5.75. The van der Waals surface area contributed by atoms with Crippen LogP contribution in [0, 0.1) is 0 Å². The summed E-state index contributed by atoms with van der Waals surface area (Å²) in [4.78, 5) is 16.1. The number of carbonyl (C=O) groups is 1. The molecule has 1 N–H and O–H groups in total. The highest BCUT2D eigenvalue weighted by atomic mass is 35.5. The fourth-order valence-electron chi connectivity index (χ4n) is 2.59. The van der Waals surface area contributed by atoms with Crippen molar-refractivity contribution in [2.24, 2.45) is 0 Å². The Kier molecular flexibility index (Phi) is 6.43. The summed E-state index contributed by atoms with van der Waals surface area (Å²) in [7, 11) is -3.65. The van der Waals surface area contributed by atoms with Crippen molar-refractivity contribution in [2.75, 3.05) is 13.2 Å². The summed E-state index contributed by atoms with van der Waals surface area (Å²) in [5.41, 5.74) is 0.959. The number of carbonyl (C=O) groups excluding carboxylic acids is 1. The molecule has 3 rings (SSSR count). The summed E-state index contributed by atoms with van der Waals surface area (Å²) in [5, 5.41) is 0.356. The van der Waals surface area contributed by atoms with Gasteiger partial charge in [-0.1, -0.05) is 17.7 Å². The van der Waals surface area contributed by atoms with Gasteiger partial charge in [0.25, 0.3) is 0 Å². The number of rotatable bonds is 7. The second-order valence-corrected chi connectivity index (χ2v) is 8.23. The van der Waals surface area contributed by atoms with Gasteiger partial charge in [-0.3, -0.25) is 0 Å². The van der Waals surface area contributed by atoms with E-state index in [4.69, 9.17) is 21.1 Å². The predicted octanol–water partition coefficient (Wildman–Crippen LogP) is 2.55. The van der Waals surface area contributed by atoms with Crippen LogP contribution in [0.15, 0.2) is 47.5 Å². The van der Waals surface area contributed by atoms with E-state index >= 15 is 0 Å². The number of halogens is 1. The van der Waals surface area contributed by atoms with E-state index < -0.39 is 16.0 Å². The first-order chi connectivity index (χ1) is 12.9. The van der Waals surface area contributed by atoms with E-state index in [-0.39, 0.29) is 29.7 Å². The lowest BCUT2D eigenvalue weighted by Gasteiger charge is -2.11. The lowest BCUT2D eigenvalue weighted by Crippen LogP contribution is -2.31. The molecule has 27 heavy (non-hydrogen) atoms. The van der Waals surface area contributed by atoms with Crippen molar-refractivity contribution in [2.45, 2.75) is 30.4 Å². The predicted molar refractivity (Wildman–Crippen MR) is 99.0 cm³/mol. The first-order valence-corrected chi connectivity index (χ1v) is 10.3. The summed E-state index contributed by atoms with van der Waals surface area (Å²) in [6.45, 7) is 0.947. The van der Waals surface area contributed by atoms with E-state index in [2.05, 4.69) is 9.71 Å². The second kappa shape index (κ2) is 8.79. The van der Waals surface area contributed by atoms with Gasteiger partial charge in [0.1, 0.15) is 11.8 Å². The number of nitrogens with one attached hydrogen (secondary N) is 1. The van der Waals surface area contributed by atoms with Gasteiger partial charge < -0.3 is 9.47 Å². The second-order valence-electron chi connectivity index (χ2n) is 6.08. The van der Waals surface area contributed by atoms with Gasteiger partial charge in [0.15, 0.2) is 0 Å². The van der Waals surface area contributed by atoms with Crippen LogP contribution in [0.25, 0.3) is 0 Å². The van der Waals surface area contributed by atoms with Gasteiger partial charge >= 0.3 is 5.97 Å². The Morgan fingerprint density at radius 3 is 2.67 bits per heavy atom. The van der Waals surface area contributed by atoms with Crippen LogP contribution in [0.5, 0.6) is 0 Å². The van der Waals surface area contributed by atoms with Gasteiger partial charge in [-0.15, -0.1) is 0 Å². The molecule has 144 valence electrons. The van der Waals surface area contributed by atoms with Crippen LogP contribution in [-0.4, -0.2) is 38.6 Å². The molecule has 2 aromatic rings. The van der Waals surface area contributed by atoms with Crippen LogP contribution in [0.3, 0.4) is 0 Å². The zero-order chi connectivity index (χ0) is 19.3. The zero-order valence-corrected chi connectivity index (χ0v) is 16.0. The number of nitrogens with zero attached hydrogens (tertiary/aromatic N) is 1. The largest absolute Gasteiger partial charge is 0.457 e. The van der Waals surface area contributed by atoms with Crippen molar-refractivity contribution in [1.82, 2.24) is 9.71 Å². The average Bonchev–Trinajstić information content (AvgIpc) is 3.20. The van der Waals surface area contributed by atoms with Crippen molar-refractivity contribution in [3.63, 3.8) is 0 Å². The van der Waals surface area contributed by atoms with Gasteiger partial charge in [0.05, 0.1) is 16.6 Å². The van der Waals surface area contributed by atoms with Gasteiger partial charge in [-0.25, -0.2) is 22.9 Å². The third kappa shape index (κ3) is 5.49. The van der Waals surface area contributed by atoms with E-state index in [0.717, 1.165) is 12.8 Å². The molecule has 1 aliphatic rings.